The van der Waals surface area contributed by atoms with Crippen molar-refractivity contribution in [1.82, 2.24) is 15.1 Å². The molecule has 0 aromatic rings. The number of aliphatic imine (C=N–C) groups is 1. The van der Waals surface area contributed by atoms with Crippen LogP contribution in [-0.2, 0) is 0 Å². The fraction of sp³-hybridized carbons (Fsp3) is 0.929. The third-order valence-electron chi connectivity index (χ3n) is 3.42. The van der Waals surface area contributed by atoms with Gasteiger partial charge < -0.3 is 10.2 Å². The Morgan fingerprint density at radius 1 is 1.39 bits per heavy atom. The zero-order chi connectivity index (χ0) is 16.6. The minimum absolute atomic E-state index is 0. The predicted octanol–water partition coefficient (Wildman–Crippen LogP) is 2.89. The van der Waals surface area contributed by atoms with Gasteiger partial charge in [0.05, 0.1) is 13.1 Å². The molecule has 1 rings (SSSR count). The lowest BCUT2D eigenvalue weighted by Gasteiger charge is -2.34. The first-order valence-electron chi connectivity index (χ1n) is 7.75. The molecular weight excluding hydrogens is 440 g/mol. The average Bonchev–Trinajstić information content (AvgIpc) is 2.44. The average molecular weight is 468 g/mol. The van der Waals surface area contributed by atoms with Gasteiger partial charge in [0.25, 0.3) is 0 Å². The highest BCUT2D eigenvalue weighted by Gasteiger charge is 2.29. The SMILES string of the molecule is CCNC(=NCCN(C)CC(F)(F)F)N1CCSC(CC)C1.I. The first-order chi connectivity index (χ1) is 10.4. The summed E-state index contributed by atoms with van der Waals surface area (Å²) in [5.74, 6) is 1.89. The van der Waals surface area contributed by atoms with E-state index in [0.717, 1.165) is 37.8 Å². The molecule has 1 unspecified atom stereocenters. The standard InChI is InChI=1S/C14H27F3N4S.HI/c1-4-12-10-21(8-9-22-12)13(18-5-2)19-6-7-20(3)11-14(15,16)17;/h12H,4-11H2,1-3H3,(H,18,19);1H. The third kappa shape index (κ3) is 9.85. The van der Waals surface area contributed by atoms with E-state index in [1.165, 1.54) is 11.9 Å². The Hall–Kier alpha value is 0.1000. The van der Waals surface area contributed by atoms with Gasteiger partial charge in [-0.1, -0.05) is 6.92 Å². The van der Waals surface area contributed by atoms with Crippen LogP contribution in [0.25, 0.3) is 0 Å². The van der Waals surface area contributed by atoms with Gasteiger partial charge in [0.2, 0.25) is 0 Å². The van der Waals surface area contributed by atoms with Gasteiger partial charge in [0.1, 0.15) is 0 Å². The van der Waals surface area contributed by atoms with Gasteiger partial charge in [-0.15, -0.1) is 24.0 Å². The molecule has 1 atom stereocenters. The molecule has 0 saturated carbocycles. The number of likely N-dealkylation sites (N-methyl/N-ethyl adjacent to an activating group) is 1. The summed E-state index contributed by atoms with van der Waals surface area (Å²) in [5, 5.41) is 3.85. The van der Waals surface area contributed by atoms with Crippen molar-refractivity contribution < 1.29 is 13.2 Å². The van der Waals surface area contributed by atoms with Crippen LogP contribution in [0, 0.1) is 0 Å². The van der Waals surface area contributed by atoms with E-state index >= 15 is 0 Å². The fourth-order valence-corrected chi connectivity index (χ4v) is 3.48. The Morgan fingerprint density at radius 3 is 2.65 bits per heavy atom. The molecule has 1 fully saturated rings. The van der Waals surface area contributed by atoms with Crippen molar-refractivity contribution in [3.8, 4) is 0 Å². The highest BCUT2D eigenvalue weighted by atomic mass is 127. The summed E-state index contributed by atoms with van der Waals surface area (Å²) in [5.41, 5.74) is 0. The third-order valence-corrected chi connectivity index (χ3v) is 4.79. The first-order valence-corrected chi connectivity index (χ1v) is 8.80. The molecule has 1 aliphatic rings. The highest BCUT2D eigenvalue weighted by molar-refractivity contribution is 14.0. The Bertz CT molecular complexity index is 355. The Labute approximate surface area is 158 Å². The van der Waals surface area contributed by atoms with Crippen molar-refractivity contribution in [2.75, 3.05) is 52.1 Å². The summed E-state index contributed by atoms with van der Waals surface area (Å²) in [7, 11) is 1.47. The molecule has 23 heavy (non-hydrogen) atoms. The van der Waals surface area contributed by atoms with Gasteiger partial charge in [0, 0.05) is 37.2 Å². The van der Waals surface area contributed by atoms with E-state index in [4.69, 9.17) is 0 Å². The number of thioether (sulfide) groups is 1. The Kier molecular flexibility index (Phi) is 11.7. The van der Waals surface area contributed by atoms with Crippen LogP contribution in [0.1, 0.15) is 20.3 Å². The molecule has 0 spiro atoms. The lowest BCUT2D eigenvalue weighted by molar-refractivity contribution is -0.142. The lowest BCUT2D eigenvalue weighted by Crippen LogP contribution is -2.48. The number of guanidine groups is 1. The van der Waals surface area contributed by atoms with Crippen molar-refractivity contribution in [3.05, 3.63) is 0 Å². The molecule has 0 radical (unpaired) electrons. The lowest BCUT2D eigenvalue weighted by atomic mass is 10.3. The molecule has 0 aromatic carbocycles. The molecule has 1 aliphatic heterocycles. The molecule has 1 saturated heterocycles. The maximum atomic E-state index is 12.3. The number of hydrogen-bond acceptors (Lipinski definition) is 3. The molecule has 1 heterocycles. The van der Waals surface area contributed by atoms with Crippen molar-refractivity contribution in [1.29, 1.82) is 0 Å². The summed E-state index contributed by atoms with van der Waals surface area (Å²) in [6.45, 7) is 6.61. The van der Waals surface area contributed by atoms with E-state index in [2.05, 4.69) is 22.1 Å². The van der Waals surface area contributed by atoms with Crippen molar-refractivity contribution in [3.63, 3.8) is 0 Å². The van der Waals surface area contributed by atoms with Crippen molar-refractivity contribution in [2.24, 2.45) is 4.99 Å². The number of halogens is 4. The maximum absolute atomic E-state index is 12.3. The monoisotopic (exact) mass is 468 g/mol. The predicted molar refractivity (Wildman–Crippen MR) is 103 cm³/mol. The van der Waals surface area contributed by atoms with E-state index in [1.54, 1.807) is 0 Å². The molecule has 138 valence electrons. The molecule has 0 aliphatic carbocycles. The number of nitrogens with zero attached hydrogens (tertiary/aromatic N) is 3. The van der Waals surface area contributed by atoms with Crippen LogP contribution in [0.3, 0.4) is 0 Å². The van der Waals surface area contributed by atoms with Gasteiger partial charge in [-0.3, -0.25) is 9.89 Å². The Morgan fingerprint density at radius 2 is 2.09 bits per heavy atom. The van der Waals surface area contributed by atoms with Crippen LogP contribution in [0.15, 0.2) is 4.99 Å². The maximum Gasteiger partial charge on any atom is 0.401 e. The summed E-state index contributed by atoms with van der Waals surface area (Å²) in [6, 6.07) is 0. The normalized spacial score (nSPS) is 19.7. The minimum Gasteiger partial charge on any atom is -0.357 e. The molecule has 0 amide bonds. The molecular formula is C14H28F3IN4S. The quantitative estimate of drug-likeness (QED) is 0.369. The van der Waals surface area contributed by atoms with Gasteiger partial charge in [-0.25, -0.2) is 0 Å². The molecule has 4 nitrogen and oxygen atoms in total. The van der Waals surface area contributed by atoms with Crippen LogP contribution in [0.2, 0.25) is 0 Å². The van der Waals surface area contributed by atoms with Crippen LogP contribution in [0.5, 0.6) is 0 Å². The minimum atomic E-state index is -4.15. The van der Waals surface area contributed by atoms with Crippen LogP contribution < -0.4 is 5.32 Å². The zero-order valence-corrected chi connectivity index (χ0v) is 17.2. The second-order valence-electron chi connectivity index (χ2n) is 5.44. The smallest absolute Gasteiger partial charge is 0.357 e. The molecule has 0 aromatic heterocycles. The number of alkyl halides is 3. The van der Waals surface area contributed by atoms with Crippen LogP contribution in [-0.4, -0.2) is 79.3 Å². The second kappa shape index (κ2) is 11.6. The van der Waals surface area contributed by atoms with Crippen LogP contribution in [0.4, 0.5) is 13.2 Å². The van der Waals surface area contributed by atoms with E-state index in [9.17, 15) is 13.2 Å². The molecule has 1 N–H and O–H groups in total. The van der Waals surface area contributed by atoms with Gasteiger partial charge >= 0.3 is 6.18 Å². The number of hydrogen-bond donors (Lipinski definition) is 1. The fourth-order valence-electron chi connectivity index (χ4n) is 2.30. The van der Waals surface area contributed by atoms with E-state index < -0.39 is 12.7 Å². The van der Waals surface area contributed by atoms with Crippen LogP contribution >= 0.6 is 35.7 Å². The number of nitrogens with one attached hydrogen (secondary N) is 1. The van der Waals surface area contributed by atoms with Gasteiger partial charge in [0.15, 0.2) is 5.96 Å². The molecule has 9 heteroatoms. The van der Waals surface area contributed by atoms with Crippen molar-refractivity contribution in [2.45, 2.75) is 31.7 Å². The summed E-state index contributed by atoms with van der Waals surface area (Å²) in [6.07, 6.45) is -3.03. The molecule has 0 bridgehead atoms. The van der Waals surface area contributed by atoms with E-state index in [0.29, 0.717) is 18.3 Å². The van der Waals surface area contributed by atoms with Crippen molar-refractivity contribution >= 4 is 41.7 Å². The van der Waals surface area contributed by atoms with Gasteiger partial charge in [-0.2, -0.15) is 24.9 Å². The summed E-state index contributed by atoms with van der Waals surface area (Å²) in [4.78, 5) is 7.97. The van der Waals surface area contributed by atoms with E-state index in [1.807, 2.05) is 18.7 Å². The second-order valence-corrected chi connectivity index (χ2v) is 6.84. The summed E-state index contributed by atoms with van der Waals surface area (Å²) < 4.78 is 36.9. The summed E-state index contributed by atoms with van der Waals surface area (Å²) >= 11 is 1.98. The van der Waals surface area contributed by atoms with E-state index in [-0.39, 0.29) is 24.0 Å². The Balaban J connectivity index is 0.00000484. The first kappa shape index (κ1) is 23.1. The largest absolute Gasteiger partial charge is 0.401 e. The highest BCUT2D eigenvalue weighted by Crippen LogP contribution is 2.21. The topological polar surface area (TPSA) is 30.9 Å². The van der Waals surface area contributed by atoms with Gasteiger partial charge in [-0.05, 0) is 20.4 Å². The number of rotatable bonds is 6. The zero-order valence-electron chi connectivity index (χ0n) is 14.0.